The second-order valence-corrected chi connectivity index (χ2v) is 8.52. The Hall–Kier alpha value is -3.23. The first-order valence-electron chi connectivity index (χ1n) is 10.9. The average Bonchev–Trinajstić information content (AvgIpc) is 2.99. The van der Waals surface area contributed by atoms with Gasteiger partial charge in [0.1, 0.15) is 12.1 Å². The van der Waals surface area contributed by atoms with Gasteiger partial charge in [-0.05, 0) is 37.7 Å². The fourth-order valence-electron chi connectivity index (χ4n) is 4.34. The number of nitrogens with one attached hydrogen (secondary N) is 2. The van der Waals surface area contributed by atoms with Gasteiger partial charge in [0.15, 0.2) is 12.4 Å². The monoisotopic (exact) mass is 443 g/mol. The van der Waals surface area contributed by atoms with Crippen LogP contribution >= 0.6 is 0 Å². The molecule has 9 heteroatoms. The lowest BCUT2D eigenvalue weighted by atomic mass is 9.73. The third-order valence-corrected chi connectivity index (χ3v) is 6.26. The van der Waals surface area contributed by atoms with Crippen molar-refractivity contribution >= 4 is 29.6 Å². The number of carbonyl (C=O) groups is 5. The molecule has 4 amide bonds. The second kappa shape index (κ2) is 9.93. The summed E-state index contributed by atoms with van der Waals surface area (Å²) in [6.07, 6.45) is 3.51. The van der Waals surface area contributed by atoms with Crippen molar-refractivity contribution in [1.82, 2.24) is 15.5 Å². The summed E-state index contributed by atoms with van der Waals surface area (Å²) in [4.78, 5) is 62.4. The zero-order valence-electron chi connectivity index (χ0n) is 18.4. The van der Waals surface area contributed by atoms with Gasteiger partial charge < -0.3 is 15.4 Å². The van der Waals surface area contributed by atoms with Crippen molar-refractivity contribution in [2.45, 2.75) is 57.5 Å². The van der Waals surface area contributed by atoms with Gasteiger partial charge in [-0.3, -0.25) is 24.1 Å². The summed E-state index contributed by atoms with van der Waals surface area (Å²) >= 11 is 0. The number of urea groups is 1. The molecule has 1 saturated heterocycles. The Bertz CT molecular complexity index is 902. The minimum Gasteiger partial charge on any atom is -0.454 e. The quantitative estimate of drug-likeness (QED) is 0.462. The van der Waals surface area contributed by atoms with Crippen molar-refractivity contribution in [2.24, 2.45) is 5.92 Å². The minimum atomic E-state index is -0.959. The molecule has 3 rings (SSSR count). The van der Waals surface area contributed by atoms with Gasteiger partial charge in [-0.15, -0.1) is 0 Å². The normalized spacial score (nSPS) is 23.6. The maximum Gasteiger partial charge on any atom is 0.326 e. The van der Waals surface area contributed by atoms with Crippen molar-refractivity contribution in [3.8, 4) is 0 Å². The Morgan fingerprint density at radius 1 is 1.22 bits per heavy atom. The van der Waals surface area contributed by atoms with Crippen LogP contribution in [0, 0.1) is 5.92 Å². The second-order valence-electron chi connectivity index (χ2n) is 8.52. The SMILES string of the molecule is CC(=O)[C@H](Cc1ccccc1)NC(=O)COC(=O)CN1C(=O)N[C@@]2(CCCC[C@@H]2C)C1=O. The Balaban J connectivity index is 1.50. The van der Waals surface area contributed by atoms with E-state index in [4.69, 9.17) is 4.74 Å². The molecule has 1 aliphatic heterocycles. The molecule has 0 radical (unpaired) electrons. The fraction of sp³-hybridized carbons (Fsp3) is 0.522. The summed E-state index contributed by atoms with van der Waals surface area (Å²) in [5.41, 5.74) is -0.0755. The van der Waals surface area contributed by atoms with E-state index in [-0.39, 0.29) is 11.7 Å². The minimum absolute atomic E-state index is 0.0207. The third-order valence-electron chi connectivity index (χ3n) is 6.26. The average molecular weight is 444 g/mol. The molecule has 1 aromatic carbocycles. The molecule has 1 spiro atoms. The van der Waals surface area contributed by atoms with Crippen molar-refractivity contribution in [1.29, 1.82) is 0 Å². The molecule has 0 aromatic heterocycles. The first kappa shape index (κ1) is 23.4. The molecule has 1 aliphatic carbocycles. The predicted molar refractivity (Wildman–Crippen MR) is 114 cm³/mol. The lowest BCUT2D eigenvalue weighted by Crippen LogP contribution is -2.54. The number of hydrogen-bond donors (Lipinski definition) is 2. The highest BCUT2D eigenvalue weighted by Gasteiger charge is 2.55. The highest BCUT2D eigenvalue weighted by atomic mass is 16.5. The molecule has 172 valence electrons. The maximum atomic E-state index is 12.9. The highest BCUT2D eigenvalue weighted by Crippen LogP contribution is 2.38. The number of amides is 4. The molecule has 0 bridgehead atoms. The molecule has 9 nitrogen and oxygen atoms in total. The van der Waals surface area contributed by atoms with Crippen LogP contribution in [0.3, 0.4) is 0 Å². The molecule has 32 heavy (non-hydrogen) atoms. The van der Waals surface area contributed by atoms with Crippen molar-refractivity contribution in [3.63, 3.8) is 0 Å². The molecule has 0 unspecified atom stereocenters. The largest absolute Gasteiger partial charge is 0.454 e. The summed E-state index contributed by atoms with van der Waals surface area (Å²) in [7, 11) is 0. The molecule has 1 heterocycles. The Kier molecular flexibility index (Phi) is 7.27. The number of imide groups is 1. The fourth-order valence-corrected chi connectivity index (χ4v) is 4.34. The van der Waals surface area contributed by atoms with Gasteiger partial charge in [-0.2, -0.15) is 0 Å². The number of esters is 1. The number of ether oxygens (including phenoxy) is 1. The first-order chi connectivity index (χ1) is 15.2. The van der Waals surface area contributed by atoms with E-state index in [0.29, 0.717) is 12.8 Å². The van der Waals surface area contributed by atoms with Crippen LogP contribution in [0.2, 0.25) is 0 Å². The molecule has 2 fully saturated rings. The number of carbonyl (C=O) groups excluding carboxylic acids is 5. The van der Waals surface area contributed by atoms with Crippen LogP contribution in [0.15, 0.2) is 30.3 Å². The number of ketones is 1. The van der Waals surface area contributed by atoms with Crippen LogP contribution in [-0.4, -0.2) is 59.2 Å². The smallest absolute Gasteiger partial charge is 0.326 e. The van der Waals surface area contributed by atoms with E-state index in [0.717, 1.165) is 29.7 Å². The molecule has 2 N–H and O–H groups in total. The van der Waals surface area contributed by atoms with Gasteiger partial charge in [0.2, 0.25) is 0 Å². The van der Waals surface area contributed by atoms with Gasteiger partial charge in [-0.1, -0.05) is 50.1 Å². The van der Waals surface area contributed by atoms with Crippen molar-refractivity contribution in [3.05, 3.63) is 35.9 Å². The van der Waals surface area contributed by atoms with E-state index in [2.05, 4.69) is 10.6 Å². The van der Waals surface area contributed by atoms with E-state index in [1.165, 1.54) is 6.92 Å². The number of benzene rings is 1. The van der Waals surface area contributed by atoms with Crippen LogP contribution in [0.5, 0.6) is 0 Å². The predicted octanol–water partition coefficient (Wildman–Crippen LogP) is 1.35. The molecular weight excluding hydrogens is 414 g/mol. The molecule has 1 saturated carbocycles. The number of rotatable bonds is 8. The standard InChI is InChI=1S/C23H29N3O6/c1-15-8-6-7-11-23(15)21(30)26(22(31)25-23)13-20(29)32-14-19(28)24-18(16(2)27)12-17-9-4-3-5-10-17/h3-5,9-10,15,18H,6-8,11-14H2,1-2H3,(H,24,28)(H,25,31)/t15-,18-,23+/m0/s1. The van der Waals surface area contributed by atoms with Crippen LogP contribution in [0.25, 0.3) is 0 Å². The molecular formula is C23H29N3O6. The van der Waals surface area contributed by atoms with Gasteiger partial charge in [-0.25, -0.2) is 4.79 Å². The summed E-state index contributed by atoms with van der Waals surface area (Å²) in [6.45, 7) is 2.12. The maximum absolute atomic E-state index is 12.9. The van der Waals surface area contributed by atoms with E-state index in [1.807, 2.05) is 37.3 Å². The van der Waals surface area contributed by atoms with Crippen LogP contribution in [-0.2, 0) is 30.3 Å². The van der Waals surface area contributed by atoms with Crippen molar-refractivity contribution < 1.29 is 28.7 Å². The van der Waals surface area contributed by atoms with Crippen LogP contribution in [0.4, 0.5) is 4.79 Å². The van der Waals surface area contributed by atoms with E-state index < -0.39 is 48.5 Å². The summed E-state index contributed by atoms with van der Waals surface area (Å²) < 4.78 is 4.96. The Morgan fingerprint density at radius 3 is 2.59 bits per heavy atom. The van der Waals surface area contributed by atoms with E-state index in [9.17, 15) is 24.0 Å². The van der Waals surface area contributed by atoms with Gasteiger partial charge in [0.25, 0.3) is 11.8 Å². The Morgan fingerprint density at radius 2 is 1.94 bits per heavy atom. The van der Waals surface area contributed by atoms with E-state index >= 15 is 0 Å². The number of hydrogen-bond acceptors (Lipinski definition) is 6. The van der Waals surface area contributed by atoms with Gasteiger partial charge >= 0.3 is 12.0 Å². The zero-order valence-corrected chi connectivity index (χ0v) is 18.4. The van der Waals surface area contributed by atoms with E-state index in [1.54, 1.807) is 0 Å². The topological polar surface area (TPSA) is 122 Å². The lowest BCUT2D eigenvalue weighted by Gasteiger charge is -2.36. The zero-order chi connectivity index (χ0) is 23.3. The Labute approximate surface area is 186 Å². The van der Waals surface area contributed by atoms with Gasteiger partial charge in [0.05, 0.1) is 6.04 Å². The first-order valence-corrected chi connectivity index (χ1v) is 10.9. The van der Waals surface area contributed by atoms with Crippen LogP contribution < -0.4 is 10.6 Å². The highest BCUT2D eigenvalue weighted by molar-refractivity contribution is 6.09. The summed E-state index contributed by atoms with van der Waals surface area (Å²) in [5.74, 6) is -2.17. The number of nitrogens with zero attached hydrogens (tertiary/aromatic N) is 1. The molecule has 3 atom stereocenters. The summed E-state index contributed by atoms with van der Waals surface area (Å²) in [6, 6.07) is 7.85. The number of Topliss-reactive ketones (excluding diaryl/α,β-unsaturated/α-hetero) is 1. The van der Waals surface area contributed by atoms with Gasteiger partial charge in [0, 0.05) is 0 Å². The lowest BCUT2D eigenvalue weighted by molar-refractivity contribution is -0.151. The molecule has 2 aliphatic rings. The summed E-state index contributed by atoms with van der Waals surface area (Å²) in [5, 5.41) is 5.32. The van der Waals surface area contributed by atoms with Crippen LogP contribution in [0.1, 0.15) is 45.1 Å². The molecule has 1 aromatic rings. The van der Waals surface area contributed by atoms with Crippen molar-refractivity contribution in [2.75, 3.05) is 13.2 Å². The third kappa shape index (κ3) is 5.15.